The molecule has 1 aromatic rings. The number of hydrogen-bond donors (Lipinski definition) is 2. The summed E-state index contributed by atoms with van der Waals surface area (Å²) in [6, 6.07) is 6.04. The van der Waals surface area contributed by atoms with Gasteiger partial charge >= 0.3 is 0 Å². The summed E-state index contributed by atoms with van der Waals surface area (Å²) in [6.45, 7) is 5.41. The Bertz CT molecular complexity index is 650. The molecule has 0 heterocycles. The van der Waals surface area contributed by atoms with Crippen molar-refractivity contribution in [3.05, 3.63) is 24.3 Å². The van der Waals surface area contributed by atoms with E-state index in [1.165, 1.54) is 12.1 Å². The highest BCUT2D eigenvalue weighted by molar-refractivity contribution is 7.91. The lowest BCUT2D eigenvalue weighted by Crippen LogP contribution is -2.30. The lowest BCUT2D eigenvalue weighted by atomic mass is 10.3. The van der Waals surface area contributed by atoms with Gasteiger partial charge in [-0.3, -0.25) is 0 Å². The van der Waals surface area contributed by atoms with Crippen molar-refractivity contribution in [2.24, 2.45) is 0 Å². The zero-order valence-electron chi connectivity index (χ0n) is 12.5. The molecule has 0 aliphatic carbocycles. The minimum atomic E-state index is -3.50. The maximum Gasteiger partial charge on any atom is 0.240 e. The van der Waals surface area contributed by atoms with E-state index in [4.69, 9.17) is 0 Å². The molecule has 1 rings (SSSR count). The predicted molar refractivity (Wildman–Crippen MR) is 84.7 cm³/mol. The molecule has 0 bridgehead atoms. The molecular weight excluding hydrogens is 312 g/mol. The second kappa shape index (κ2) is 7.24. The van der Waals surface area contributed by atoms with Crippen molar-refractivity contribution < 1.29 is 16.8 Å². The molecule has 2 N–H and O–H groups in total. The number of sulfone groups is 1. The molecule has 0 atom stereocenters. The van der Waals surface area contributed by atoms with Gasteiger partial charge in [0.05, 0.1) is 10.6 Å². The summed E-state index contributed by atoms with van der Waals surface area (Å²) >= 11 is 0. The highest BCUT2D eigenvalue weighted by atomic mass is 32.2. The molecule has 21 heavy (non-hydrogen) atoms. The van der Waals surface area contributed by atoms with Crippen molar-refractivity contribution in [2.75, 3.05) is 23.4 Å². The number of hydrogen-bond acceptors (Lipinski definition) is 5. The third-order valence-electron chi connectivity index (χ3n) is 2.74. The fourth-order valence-corrected chi connectivity index (χ4v) is 3.58. The average Bonchev–Trinajstić information content (AvgIpc) is 2.38. The quantitative estimate of drug-likeness (QED) is 0.746. The maximum absolute atomic E-state index is 11.9. The Labute approximate surface area is 126 Å². The van der Waals surface area contributed by atoms with Crippen LogP contribution in [-0.4, -0.2) is 40.9 Å². The Morgan fingerprint density at radius 1 is 1.05 bits per heavy atom. The van der Waals surface area contributed by atoms with Crippen LogP contribution >= 0.6 is 0 Å². The fraction of sp³-hybridized carbons (Fsp3) is 0.538. The zero-order valence-corrected chi connectivity index (χ0v) is 14.1. The number of sulfonamides is 1. The monoisotopic (exact) mass is 334 g/mol. The smallest absolute Gasteiger partial charge is 0.240 e. The first-order valence-corrected chi connectivity index (χ1v) is 10.0. The van der Waals surface area contributed by atoms with E-state index in [-0.39, 0.29) is 22.4 Å². The summed E-state index contributed by atoms with van der Waals surface area (Å²) in [6.07, 6.45) is 0. The summed E-state index contributed by atoms with van der Waals surface area (Å²) in [7, 11) is -6.50. The van der Waals surface area contributed by atoms with Crippen molar-refractivity contribution >= 4 is 25.5 Å². The Kier molecular flexibility index (Phi) is 6.18. The molecule has 0 amide bonds. The Hall–Kier alpha value is -1.12. The van der Waals surface area contributed by atoms with E-state index in [1.54, 1.807) is 32.9 Å². The van der Waals surface area contributed by atoms with Crippen LogP contribution in [0.5, 0.6) is 0 Å². The first-order chi connectivity index (χ1) is 9.66. The first kappa shape index (κ1) is 17.9. The van der Waals surface area contributed by atoms with Crippen molar-refractivity contribution in [1.82, 2.24) is 4.72 Å². The summed E-state index contributed by atoms with van der Waals surface area (Å²) in [5, 5.41) is 2.96. The van der Waals surface area contributed by atoms with Gasteiger partial charge in [-0.15, -0.1) is 0 Å². The zero-order chi connectivity index (χ0) is 16.1. The van der Waals surface area contributed by atoms with Crippen LogP contribution in [0.15, 0.2) is 29.2 Å². The van der Waals surface area contributed by atoms with Crippen LogP contribution in [0.2, 0.25) is 0 Å². The van der Waals surface area contributed by atoms with Gasteiger partial charge in [-0.1, -0.05) is 6.92 Å². The van der Waals surface area contributed by atoms with Gasteiger partial charge in [0, 0.05) is 24.0 Å². The molecule has 0 fully saturated rings. The lowest BCUT2D eigenvalue weighted by Gasteiger charge is -2.11. The number of benzene rings is 1. The second-order valence-electron chi connectivity index (χ2n) is 4.96. The molecule has 0 saturated carbocycles. The summed E-state index contributed by atoms with van der Waals surface area (Å²) in [4.78, 5) is 0.183. The molecule has 8 heteroatoms. The lowest BCUT2D eigenvalue weighted by molar-refractivity contribution is 0.570. The Morgan fingerprint density at radius 2 is 1.62 bits per heavy atom. The molecule has 0 saturated heterocycles. The first-order valence-electron chi connectivity index (χ1n) is 6.73. The van der Waals surface area contributed by atoms with Gasteiger partial charge in [-0.05, 0) is 38.1 Å². The van der Waals surface area contributed by atoms with Crippen LogP contribution in [-0.2, 0) is 19.9 Å². The van der Waals surface area contributed by atoms with Crippen molar-refractivity contribution in [1.29, 1.82) is 0 Å². The topological polar surface area (TPSA) is 92.3 Å². The third kappa shape index (κ3) is 6.03. The van der Waals surface area contributed by atoms with Gasteiger partial charge in [0.1, 0.15) is 0 Å². The second-order valence-corrected chi connectivity index (χ2v) is 9.15. The average molecular weight is 334 g/mol. The molecule has 0 unspecified atom stereocenters. The van der Waals surface area contributed by atoms with Gasteiger partial charge in [-0.2, -0.15) is 0 Å². The minimum Gasteiger partial charge on any atom is -0.384 e. The van der Waals surface area contributed by atoms with Gasteiger partial charge in [0.2, 0.25) is 10.0 Å². The largest absolute Gasteiger partial charge is 0.384 e. The summed E-state index contributed by atoms with van der Waals surface area (Å²) < 4.78 is 49.1. The van der Waals surface area contributed by atoms with Crippen LogP contribution in [0.1, 0.15) is 20.8 Å². The minimum absolute atomic E-state index is 0.0540. The van der Waals surface area contributed by atoms with E-state index in [9.17, 15) is 16.8 Å². The molecule has 0 aliphatic rings. The molecule has 0 aromatic heterocycles. The van der Waals surface area contributed by atoms with E-state index in [1.807, 2.05) is 0 Å². The highest BCUT2D eigenvalue weighted by Crippen LogP contribution is 2.14. The Morgan fingerprint density at radius 3 is 2.10 bits per heavy atom. The van der Waals surface area contributed by atoms with Crippen molar-refractivity contribution in [3.8, 4) is 0 Å². The number of nitrogens with one attached hydrogen (secondary N) is 2. The molecule has 0 radical (unpaired) electrons. The van der Waals surface area contributed by atoms with E-state index >= 15 is 0 Å². The van der Waals surface area contributed by atoms with Crippen LogP contribution in [0.4, 0.5) is 5.69 Å². The van der Waals surface area contributed by atoms with Gasteiger partial charge in [0.25, 0.3) is 0 Å². The molecule has 0 spiro atoms. The van der Waals surface area contributed by atoms with Gasteiger partial charge in [0.15, 0.2) is 9.84 Å². The highest BCUT2D eigenvalue weighted by Gasteiger charge is 2.14. The van der Waals surface area contributed by atoms with Gasteiger partial charge in [-0.25, -0.2) is 21.6 Å². The summed E-state index contributed by atoms with van der Waals surface area (Å²) in [5.41, 5.74) is 0.685. The van der Waals surface area contributed by atoms with Gasteiger partial charge < -0.3 is 5.32 Å². The van der Waals surface area contributed by atoms with E-state index in [0.29, 0.717) is 12.2 Å². The fourth-order valence-electron chi connectivity index (χ4n) is 1.63. The normalized spacial score (nSPS) is 12.6. The molecule has 1 aromatic carbocycles. The van der Waals surface area contributed by atoms with E-state index in [0.717, 1.165) is 0 Å². The molecule has 0 aliphatic heterocycles. The van der Waals surface area contributed by atoms with E-state index < -0.39 is 19.9 Å². The van der Waals surface area contributed by atoms with Crippen molar-refractivity contribution in [3.63, 3.8) is 0 Å². The Balaban J connectivity index is 2.67. The molecule has 120 valence electrons. The maximum atomic E-state index is 11.9. The molecule has 6 nitrogen and oxygen atoms in total. The SMILES string of the molecule is CCS(=O)(=O)CCNc1ccc(S(=O)(=O)NC(C)C)cc1. The predicted octanol–water partition coefficient (Wildman–Crippen LogP) is 1.22. The number of anilines is 1. The van der Waals surface area contributed by atoms with Crippen LogP contribution < -0.4 is 10.0 Å². The van der Waals surface area contributed by atoms with Crippen molar-refractivity contribution in [2.45, 2.75) is 31.7 Å². The number of rotatable bonds is 8. The van der Waals surface area contributed by atoms with E-state index in [2.05, 4.69) is 10.0 Å². The van der Waals surface area contributed by atoms with Crippen LogP contribution in [0.25, 0.3) is 0 Å². The van der Waals surface area contributed by atoms with Crippen LogP contribution in [0, 0.1) is 0 Å². The third-order valence-corrected chi connectivity index (χ3v) is 6.12. The summed E-state index contributed by atoms with van der Waals surface area (Å²) in [5.74, 6) is 0.172. The standard InChI is InChI=1S/C13H22N2O4S2/c1-4-20(16,17)10-9-14-12-5-7-13(8-6-12)21(18,19)15-11(2)3/h5-8,11,14-15H,4,9-10H2,1-3H3. The molecular formula is C13H22N2O4S2. The van der Waals surface area contributed by atoms with Crippen LogP contribution in [0.3, 0.4) is 0 Å².